The minimum atomic E-state index is -0.487. The van der Waals surface area contributed by atoms with Crippen LogP contribution in [0.1, 0.15) is 20.3 Å². The standard InChI is InChI=1S/C18H21NO2/c1-3-13-19-18(20)14(2)21-17-11-9-16(10-12-17)15-7-5-4-6-8-15/h4-12,14H,3,13H2,1-2H3,(H,19,20). The van der Waals surface area contributed by atoms with E-state index in [0.29, 0.717) is 12.3 Å². The summed E-state index contributed by atoms with van der Waals surface area (Å²) in [6.07, 6.45) is 0.434. The first kappa shape index (κ1) is 15.1. The first-order valence-corrected chi connectivity index (χ1v) is 7.30. The van der Waals surface area contributed by atoms with Crippen molar-refractivity contribution in [3.63, 3.8) is 0 Å². The summed E-state index contributed by atoms with van der Waals surface area (Å²) in [6.45, 7) is 4.46. The second-order valence-electron chi connectivity index (χ2n) is 4.94. The molecular weight excluding hydrogens is 262 g/mol. The first-order valence-electron chi connectivity index (χ1n) is 7.30. The van der Waals surface area contributed by atoms with Gasteiger partial charge in [-0.1, -0.05) is 49.4 Å². The third-order valence-corrected chi connectivity index (χ3v) is 3.19. The lowest BCUT2D eigenvalue weighted by molar-refractivity contribution is -0.127. The van der Waals surface area contributed by atoms with Gasteiger partial charge in [-0.15, -0.1) is 0 Å². The SMILES string of the molecule is CCCNC(=O)C(C)Oc1ccc(-c2ccccc2)cc1. The first-order chi connectivity index (χ1) is 10.2. The van der Waals surface area contributed by atoms with Crippen molar-refractivity contribution in [2.45, 2.75) is 26.4 Å². The fourth-order valence-corrected chi connectivity index (χ4v) is 2.01. The van der Waals surface area contributed by atoms with E-state index >= 15 is 0 Å². The Morgan fingerprint density at radius 3 is 2.29 bits per heavy atom. The quantitative estimate of drug-likeness (QED) is 0.879. The molecule has 1 amide bonds. The fraction of sp³-hybridized carbons (Fsp3) is 0.278. The minimum Gasteiger partial charge on any atom is -0.481 e. The summed E-state index contributed by atoms with van der Waals surface area (Å²) in [5.41, 5.74) is 2.30. The molecule has 0 aliphatic carbocycles. The molecule has 0 saturated heterocycles. The van der Waals surface area contributed by atoms with Gasteiger partial charge in [-0.05, 0) is 36.6 Å². The van der Waals surface area contributed by atoms with Gasteiger partial charge in [0, 0.05) is 6.54 Å². The number of hydrogen-bond donors (Lipinski definition) is 1. The van der Waals surface area contributed by atoms with Gasteiger partial charge in [0.1, 0.15) is 5.75 Å². The number of carbonyl (C=O) groups is 1. The van der Waals surface area contributed by atoms with Crippen molar-refractivity contribution in [1.82, 2.24) is 5.32 Å². The van der Waals surface area contributed by atoms with Gasteiger partial charge < -0.3 is 10.1 Å². The van der Waals surface area contributed by atoms with Crippen LogP contribution in [0.3, 0.4) is 0 Å². The summed E-state index contributed by atoms with van der Waals surface area (Å²) in [6, 6.07) is 17.9. The fourth-order valence-electron chi connectivity index (χ4n) is 2.01. The van der Waals surface area contributed by atoms with Crippen LogP contribution < -0.4 is 10.1 Å². The van der Waals surface area contributed by atoms with E-state index in [2.05, 4.69) is 17.4 Å². The van der Waals surface area contributed by atoms with Gasteiger partial charge in [0.05, 0.1) is 0 Å². The van der Waals surface area contributed by atoms with Gasteiger partial charge in [-0.2, -0.15) is 0 Å². The molecule has 110 valence electrons. The molecule has 0 bridgehead atoms. The number of carbonyl (C=O) groups excluding carboxylic acids is 1. The molecule has 0 saturated carbocycles. The third kappa shape index (κ3) is 4.35. The smallest absolute Gasteiger partial charge is 0.260 e. The van der Waals surface area contributed by atoms with Crippen molar-refractivity contribution >= 4 is 5.91 Å². The normalized spacial score (nSPS) is 11.7. The summed E-state index contributed by atoms with van der Waals surface area (Å²) in [5.74, 6) is 0.623. The highest BCUT2D eigenvalue weighted by Crippen LogP contribution is 2.22. The van der Waals surface area contributed by atoms with Crippen molar-refractivity contribution < 1.29 is 9.53 Å². The highest BCUT2D eigenvalue weighted by atomic mass is 16.5. The Balaban J connectivity index is 1.98. The minimum absolute atomic E-state index is 0.0796. The summed E-state index contributed by atoms with van der Waals surface area (Å²) < 4.78 is 5.65. The number of hydrogen-bond acceptors (Lipinski definition) is 2. The lowest BCUT2D eigenvalue weighted by Gasteiger charge is -2.14. The van der Waals surface area contributed by atoms with Gasteiger partial charge in [-0.3, -0.25) is 4.79 Å². The number of benzene rings is 2. The zero-order valence-electron chi connectivity index (χ0n) is 12.5. The van der Waals surface area contributed by atoms with E-state index in [-0.39, 0.29) is 5.91 Å². The number of rotatable bonds is 6. The summed E-state index contributed by atoms with van der Waals surface area (Å²) in [4.78, 5) is 11.8. The Bertz CT molecular complexity index is 564. The van der Waals surface area contributed by atoms with Gasteiger partial charge >= 0.3 is 0 Å². The molecule has 0 fully saturated rings. The van der Waals surface area contributed by atoms with Gasteiger partial charge in [0.25, 0.3) is 5.91 Å². The van der Waals surface area contributed by atoms with E-state index in [4.69, 9.17) is 4.74 Å². The van der Waals surface area contributed by atoms with Gasteiger partial charge in [0.15, 0.2) is 6.10 Å². The maximum Gasteiger partial charge on any atom is 0.260 e. The zero-order chi connectivity index (χ0) is 15.1. The van der Waals surface area contributed by atoms with Crippen LogP contribution in [-0.4, -0.2) is 18.6 Å². The average Bonchev–Trinajstić information content (AvgIpc) is 2.54. The number of amides is 1. The molecule has 2 rings (SSSR count). The van der Waals surface area contributed by atoms with Crippen molar-refractivity contribution in [1.29, 1.82) is 0 Å². The molecule has 21 heavy (non-hydrogen) atoms. The Kier molecular flexibility index (Phi) is 5.38. The van der Waals surface area contributed by atoms with E-state index in [1.165, 1.54) is 0 Å². The molecule has 1 N–H and O–H groups in total. The highest BCUT2D eigenvalue weighted by molar-refractivity contribution is 5.80. The molecule has 3 nitrogen and oxygen atoms in total. The third-order valence-electron chi connectivity index (χ3n) is 3.19. The Morgan fingerprint density at radius 1 is 1.05 bits per heavy atom. The Labute approximate surface area is 126 Å². The molecule has 2 aromatic rings. The van der Waals surface area contributed by atoms with E-state index in [0.717, 1.165) is 17.5 Å². The molecule has 0 aromatic heterocycles. The van der Waals surface area contributed by atoms with Gasteiger partial charge in [-0.25, -0.2) is 0 Å². The van der Waals surface area contributed by atoms with Crippen LogP contribution in [0.5, 0.6) is 5.75 Å². The van der Waals surface area contributed by atoms with Gasteiger partial charge in [0.2, 0.25) is 0 Å². The Hall–Kier alpha value is -2.29. The molecule has 2 aromatic carbocycles. The average molecular weight is 283 g/mol. The number of nitrogens with one attached hydrogen (secondary N) is 1. The summed E-state index contributed by atoms with van der Waals surface area (Å²) in [5, 5.41) is 2.83. The monoisotopic (exact) mass is 283 g/mol. The van der Waals surface area contributed by atoms with Crippen molar-refractivity contribution in [2.75, 3.05) is 6.54 Å². The lowest BCUT2D eigenvalue weighted by Crippen LogP contribution is -2.36. The topological polar surface area (TPSA) is 38.3 Å². The van der Waals surface area contributed by atoms with Crippen molar-refractivity contribution in [3.05, 3.63) is 54.6 Å². The highest BCUT2D eigenvalue weighted by Gasteiger charge is 2.13. The van der Waals surface area contributed by atoms with Crippen LogP contribution in [-0.2, 0) is 4.79 Å². The van der Waals surface area contributed by atoms with Crippen LogP contribution in [0.4, 0.5) is 0 Å². The van der Waals surface area contributed by atoms with E-state index in [9.17, 15) is 4.79 Å². The summed E-state index contributed by atoms with van der Waals surface area (Å²) >= 11 is 0. The molecule has 3 heteroatoms. The van der Waals surface area contributed by atoms with E-state index in [1.807, 2.05) is 49.4 Å². The van der Waals surface area contributed by atoms with Crippen LogP contribution in [0.25, 0.3) is 11.1 Å². The Morgan fingerprint density at radius 2 is 1.67 bits per heavy atom. The van der Waals surface area contributed by atoms with Crippen LogP contribution in [0, 0.1) is 0 Å². The largest absolute Gasteiger partial charge is 0.481 e. The van der Waals surface area contributed by atoms with E-state index in [1.54, 1.807) is 6.92 Å². The predicted octanol–water partition coefficient (Wildman–Crippen LogP) is 3.65. The van der Waals surface area contributed by atoms with Crippen LogP contribution in [0.15, 0.2) is 54.6 Å². The molecular formula is C18H21NO2. The van der Waals surface area contributed by atoms with Crippen LogP contribution in [0.2, 0.25) is 0 Å². The maximum atomic E-state index is 11.8. The van der Waals surface area contributed by atoms with Crippen molar-refractivity contribution in [2.24, 2.45) is 0 Å². The van der Waals surface area contributed by atoms with Crippen LogP contribution >= 0.6 is 0 Å². The molecule has 0 aliphatic rings. The molecule has 0 spiro atoms. The summed E-state index contributed by atoms with van der Waals surface area (Å²) in [7, 11) is 0. The number of ether oxygens (including phenoxy) is 1. The van der Waals surface area contributed by atoms with E-state index < -0.39 is 6.10 Å². The maximum absolute atomic E-state index is 11.8. The molecule has 0 heterocycles. The predicted molar refractivity (Wildman–Crippen MR) is 85.3 cm³/mol. The zero-order valence-corrected chi connectivity index (χ0v) is 12.5. The molecule has 0 aliphatic heterocycles. The second-order valence-corrected chi connectivity index (χ2v) is 4.94. The molecule has 0 radical (unpaired) electrons. The molecule has 1 atom stereocenters. The van der Waals surface area contributed by atoms with Crippen molar-refractivity contribution in [3.8, 4) is 16.9 Å². The molecule has 1 unspecified atom stereocenters. The second kappa shape index (κ2) is 7.48. The lowest BCUT2D eigenvalue weighted by atomic mass is 10.1.